The Kier molecular flexibility index (Phi) is 5.78. The molecule has 152 valence electrons. The molecule has 1 atom stereocenters. The molecule has 0 radical (unpaired) electrons. The number of nitrogens with zero attached hydrogens (tertiary/aromatic N) is 2. The number of rotatable bonds is 6. The van der Waals surface area contributed by atoms with Gasteiger partial charge in [0.25, 0.3) is 11.5 Å². The lowest BCUT2D eigenvalue weighted by molar-refractivity contribution is 0.0505. The minimum atomic E-state index is -0.185. The molecule has 7 heteroatoms. The number of hydrogen-bond acceptors (Lipinski definition) is 5. The van der Waals surface area contributed by atoms with E-state index in [1.54, 1.807) is 22.3 Å². The number of hydrogen-bond donors (Lipinski definition) is 1. The maximum absolute atomic E-state index is 13.3. The summed E-state index contributed by atoms with van der Waals surface area (Å²) < 4.78 is 5.77. The Morgan fingerprint density at radius 3 is 2.93 bits per heavy atom. The fourth-order valence-corrected chi connectivity index (χ4v) is 4.86. The Morgan fingerprint density at radius 2 is 2.21 bits per heavy atom. The zero-order chi connectivity index (χ0) is 20.4. The predicted molar refractivity (Wildman–Crippen MR) is 115 cm³/mol. The van der Waals surface area contributed by atoms with Gasteiger partial charge in [0.15, 0.2) is 0 Å². The van der Waals surface area contributed by atoms with Gasteiger partial charge in [-0.1, -0.05) is 19.1 Å². The van der Waals surface area contributed by atoms with E-state index in [-0.39, 0.29) is 24.1 Å². The minimum absolute atomic E-state index is 0.0258. The molecule has 29 heavy (non-hydrogen) atoms. The van der Waals surface area contributed by atoms with E-state index in [2.05, 4.69) is 16.9 Å². The van der Waals surface area contributed by atoms with Crippen LogP contribution in [0.1, 0.15) is 45.7 Å². The molecule has 3 heterocycles. The summed E-state index contributed by atoms with van der Waals surface area (Å²) in [6, 6.07) is 9.20. The van der Waals surface area contributed by atoms with Crippen LogP contribution in [-0.4, -0.2) is 40.0 Å². The molecule has 1 N–H and O–H groups in total. The van der Waals surface area contributed by atoms with E-state index in [1.807, 2.05) is 31.2 Å². The van der Waals surface area contributed by atoms with E-state index < -0.39 is 0 Å². The molecule has 0 unspecified atom stereocenters. The lowest BCUT2D eigenvalue weighted by atomic mass is 10.2. The Morgan fingerprint density at radius 1 is 1.38 bits per heavy atom. The minimum Gasteiger partial charge on any atom is -0.376 e. The topological polar surface area (TPSA) is 75.3 Å². The highest BCUT2D eigenvalue weighted by Gasteiger charge is 2.26. The molecule has 1 aliphatic heterocycles. The Balaban J connectivity index is 1.64. The summed E-state index contributed by atoms with van der Waals surface area (Å²) in [6.45, 7) is 5.61. The average molecular weight is 412 g/mol. The van der Waals surface area contributed by atoms with Crippen molar-refractivity contribution >= 4 is 28.1 Å². The lowest BCUT2D eigenvalue weighted by Crippen LogP contribution is -2.37. The van der Waals surface area contributed by atoms with Crippen LogP contribution in [-0.2, 0) is 17.7 Å². The smallest absolute Gasteiger partial charge is 0.264 e. The molecule has 4 rings (SSSR count). The van der Waals surface area contributed by atoms with Gasteiger partial charge in [-0.25, -0.2) is 4.98 Å². The average Bonchev–Trinajstić information content (AvgIpc) is 3.36. The number of nitrogens with one attached hydrogen (secondary N) is 1. The SMILES string of the molecule is CCc1sc(C(=O)N(Cc2nc3ccccc3c(=O)[nH]2)C[C@@H]2CCCO2)cc1C. The van der Waals surface area contributed by atoms with Crippen molar-refractivity contribution in [3.63, 3.8) is 0 Å². The molecule has 3 aromatic rings. The summed E-state index contributed by atoms with van der Waals surface area (Å²) >= 11 is 1.55. The van der Waals surface area contributed by atoms with Crippen LogP contribution in [0.4, 0.5) is 0 Å². The number of carbonyl (C=O) groups is 1. The third-order valence-corrected chi connectivity index (χ3v) is 6.66. The number of aryl methyl sites for hydroxylation is 2. The molecule has 2 aromatic heterocycles. The van der Waals surface area contributed by atoms with Gasteiger partial charge < -0.3 is 14.6 Å². The van der Waals surface area contributed by atoms with Crippen LogP contribution in [0.15, 0.2) is 35.1 Å². The van der Waals surface area contributed by atoms with E-state index in [9.17, 15) is 9.59 Å². The molecule has 0 spiro atoms. The van der Waals surface area contributed by atoms with Gasteiger partial charge in [0.1, 0.15) is 5.82 Å². The third-order valence-electron chi connectivity index (χ3n) is 5.29. The van der Waals surface area contributed by atoms with Crippen molar-refractivity contribution in [3.05, 3.63) is 61.8 Å². The number of carbonyl (C=O) groups excluding carboxylic acids is 1. The number of thiophene rings is 1. The Bertz CT molecular complexity index is 1080. The number of aromatic nitrogens is 2. The van der Waals surface area contributed by atoms with Gasteiger partial charge in [0.05, 0.1) is 28.4 Å². The lowest BCUT2D eigenvalue weighted by Gasteiger charge is -2.24. The first-order valence-corrected chi connectivity index (χ1v) is 10.8. The first kappa shape index (κ1) is 19.8. The van der Waals surface area contributed by atoms with E-state index in [0.29, 0.717) is 23.3 Å². The second kappa shape index (κ2) is 8.47. The van der Waals surface area contributed by atoms with Crippen molar-refractivity contribution in [3.8, 4) is 0 Å². The maximum atomic E-state index is 13.3. The quantitative estimate of drug-likeness (QED) is 0.671. The monoisotopic (exact) mass is 411 g/mol. The summed E-state index contributed by atoms with van der Waals surface area (Å²) in [5.74, 6) is 0.452. The number of aromatic amines is 1. The zero-order valence-electron chi connectivity index (χ0n) is 16.7. The molecule has 0 bridgehead atoms. The predicted octanol–water partition coefficient (Wildman–Crippen LogP) is 3.68. The normalized spacial score (nSPS) is 16.4. The highest BCUT2D eigenvalue weighted by molar-refractivity contribution is 7.14. The first-order chi connectivity index (χ1) is 14.0. The highest BCUT2D eigenvalue weighted by Crippen LogP contribution is 2.25. The zero-order valence-corrected chi connectivity index (χ0v) is 17.6. The third kappa shape index (κ3) is 4.26. The van der Waals surface area contributed by atoms with Gasteiger partial charge in [-0.2, -0.15) is 0 Å². The molecule has 1 aliphatic rings. The summed E-state index contributed by atoms with van der Waals surface area (Å²) in [6.07, 6.45) is 2.89. The second-order valence-corrected chi connectivity index (χ2v) is 8.56. The van der Waals surface area contributed by atoms with Crippen LogP contribution >= 0.6 is 11.3 Å². The van der Waals surface area contributed by atoms with Crippen LogP contribution in [0, 0.1) is 6.92 Å². The van der Waals surface area contributed by atoms with Gasteiger partial charge in [0, 0.05) is 18.0 Å². The van der Waals surface area contributed by atoms with Crippen LogP contribution < -0.4 is 5.56 Å². The number of benzene rings is 1. The van der Waals surface area contributed by atoms with Crippen molar-refractivity contribution in [2.45, 2.75) is 45.8 Å². The molecule has 1 amide bonds. The number of para-hydroxylation sites is 1. The second-order valence-electron chi connectivity index (χ2n) is 7.42. The Labute approximate surface area is 173 Å². The van der Waals surface area contributed by atoms with Gasteiger partial charge >= 0.3 is 0 Å². The fraction of sp³-hybridized carbons (Fsp3) is 0.409. The van der Waals surface area contributed by atoms with Gasteiger partial charge in [-0.15, -0.1) is 11.3 Å². The Hall–Kier alpha value is -2.51. The maximum Gasteiger partial charge on any atom is 0.264 e. The van der Waals surface area contributed by atoms with E-state index in [0.717, 1.165) is 36.3 Å². The summed E-state index contributed by atoms with van der Waals surface area (Å²) in [4.78, 5) is 36.9. The van der Waals surface area contributed by atoms with Crippen LogP contribution in [0.25, 0.3) is 10.9 Å². The number of H-pyrrole nitrogens is 1. The molecule has 6 nitrogen and oxygen atoms in total. The van der Waals surface area contributed by atoms with Crippen molar-refractivity contribution in [2.24, 2.45) is 0 Å². The molecule has 1 saturated heterocycles. The molecular formula is C22H25N3O3S. The van der Waals surface area contributed by atoms with Crippen molar-refractivity contribution in [1.82, 2.24) is 14.9 Å². The van der Waals surface area contributed by atoms with Crippen molar-refractivity contribution < 1.29 is 9.53 Å². The molecule has 1 fully saturated rings. The van der Waals surface area contributed by atoms with Crippen molar-refractivity contribution in [1.29, 1.82) is 0 Å². The molecule has 1 aromatic carbocycles. The van der Waals surface area contributed by atoms with Gasteiger partial charge in [-0.05, 0) is 49.9 Å². The van der Waals surface area contributed by atoms with E-state index in [4.69, 9.17) is 4.74 Å². The highest BCUT2D eigenvalue weighted by atomic mass is 32.1. The van der Waals surface area contributed by atoms with E-state index in [1.165, 1.54) is 4.88 Å². The molecular weight excluding hydrogens is 386 g/mol. The summed E-state index contributed by atoms with van der Waals surface area (Å²) in [5, 5.41) is 0.551. The van der Waals surface area contributed by atoms with Gasteiger partial charge in [-0.3, -0.25) is 9.59 Å². The van der Waals surface area contributed by atoms with Crippen LogP contribution in [0.5, 0.6) is 0 Å². The fourth-order valence-electron chi connectivity index (χ4n) is 3.78. The van der Waals surface area contributed by atoms with Crippen molar-refractivity contribution in [2.75, 3.05) is 13.2 Å². The van der Waals surface area contributed by atoms with E-state index >= 15 is 0 Å². The largest absolute Gasteiger partial charge is 0.376 e. The van der Waals surface area contributed by atoms with Gasteiger partial charge in [0.2, 0.25) is 0 Å². The number of ether oxygens (including phenoxy) is 1. The van der Waals surface area contributed by atoms with Crippen LogP contribution in [0.3, 0.4) is 0 Å². The van der Waals surface area contributed by atoms with Crippen LogP contribution in [0.2, 0.25) is 0 Å². The number of fused-ring (bicyclic) bond motifs is 1. The summed E-state index contributed by atoms with van der Waals surface area (Å²) in [5.41, 5.74) is 1.60. The molecule has 0 aliphatic carbocycles. The number of amides is 1. The molecule has 0 saturated carbocycles. The first-order valence-electron chi connectivity index (χ1n) is 10.0. The standard InChI is InChI=1S/C22H25N3O3S/c1-3-18-14(2)11-19(29-18)22(27)25(12-15-7-6-10-28-15)13-20-23-17-9-5-4-8-16(17)21(26)24-20/h4-5,8-9,11,15H,3,6-7,10,12-13H2,1-2H3,(H,23,24,26)/t15-/m0/s1. The summed E-state index contributed by atoms with van der Waals surface area (Å²) in [7, 11) is 0.